The SMILES string of the molecule is C=C(c1ccccn1)N1CC(Cc2ccc3c(c2C)CCC3)C1. The Kier molecular flexibility index (Phi) is 3.68. The molecular formula is C21H24N2. The van der Waals surface area contributed by atoms with Crippen molar-refractivity contribution in [2.45, 2.75) is 32.6 Å². The van der Waals surface area contributed by atoms with E-state index >= 15 is 0 Å². The average molecular weight is 304 g/mol. The molecule has 1 aliphatic heterocycles. The summed E-state index contributed by atoms with van der Waals surface area (Å²) in [7, 11) is 0. The smallest absolute Gasteiger partial charge is 0.0856 e. The number of pyridine rings is 1. The zero-order valence-electron chi connectivity index (χ0n) is 13.9. The van der Waals surface area contributed by atoms with Gasteiger partial charge in [0, 0.05) is 19.3 Å². The monoisotopic (exact) mass is 304 g/mol. The van der Waals surface area contributed by atoms with E-state index in [0.717, 1.165) is 30.4 Å². The highest BCUT2D eigenvalue weighted by atomic mass is 15.2. The molecule has 0 amide bonds. The summed E-state index contributed by atoms with van der Waals surface area (Å²) in [4.78, 5) is 6.76. The topological polar surface area (TPSA) is 16.1 Å². The molecule has 1 aliphatic carbocycles. The van der Waals surface area contributed by atoms with Gasteiger partial charge < -0.3 is 4.90 Å². The van der Waals surface area contributed by atoms with Gasteiger partial charge in [0.15, 0.2) is 0 Å². The van der Waals surface area contributed by atoms with E-state index in [1.807, 2.05) is 24.4 Å². The van der Waals surface area contributed by atoms with Crippen molar-refractivity contribution in [2.24, 2.45) is 5.92 Å². The Hall–Kier alpha value is -2.09. The zero-order valence-corrected chi connectivity index (χ0v) is 13.9. The number of aromatic nitrogens is 1. The normalized spacial score (nSPS) is 17.0. The molecule has 0 N–H and O–H groups in total. The molecule has 2 aromatic rings. The fourth-order valence-corrected chi connectivity index (χ4v) is 4.05. The van der Waals surface area contributed by atoms with Crippen molar-refractivity contribution < 1.29 is 0 Å². The lowest BCUT2D eigenvalue weighted by Gasteiger charge is -2.42. The van der Waals surface area contributed by atoms with Gasteiger partial charge in [-0.25, -0.2) is 0 Å². The molecule has 118 valence electrons. The maximum atomic E-state index is 4.40. The molecule has 0 saturated carbocycles. The lowest BCUT2D eigenvalue weighted by Crippen LogP contribution is -2.46. The predicted octanol–water partition coefficient (Wildman–Crippen LogP) is 4.02. The van der Waals surface area contributed by atoms with Gasteiger partial charge in [-0.2, -0.15) is 0 Å². The first-order valence-electron chi connectivity index (χ1n) is 8.68. The number of fused-ring (bicyclic) bond motifs is 1. The van der Waals surface area contributed by atoms with Gasteiger partial charge in [0.2, 0.25) is 0 Å². The number of nitrogens with zero attached hydrogens (tertiary/aromatic N) is 2. The highest BCUT2D eigenvalue weighted by Gasteiger charge is 2.29. The number of hydrogen-bond acceptors (Lipinski definition) is 2. The Morgan fingerprint density at radius 3 is 2.87 bits per heavy atom. The van der Waals surface area contributed by atoms with E-state index in [9.17, 15) is 0 Å². The first kappa shape index (κ1) is 14.5. The largest absolute Gasteiger partial charge is 0.370 e. The lowest BCUT2D eigenvalue weighted by molar-refractivity contribution is 0.174. The molecule has 0 radical (unpaired) electrons. The maximum Gasteiger partial charge on any atom is 0.0856 e. The van der Waals surface area contributed by atoms with Crippen LogP contribution in [0.15, 0.2) is 43.1 Å². The molecule has 4 rings (SSSR count). The van der Waals surface area contributed by atoms with Crippen molar-refractivity contribution in [1.82, 2.24) is 9.88 Å². The van der Waals surface area contributed by atoms with Crippen LogP contribution in [0.5, 0.6) is 0 Å². The second-order valence-corrected chi connectivity index (χ2v) is 6.98. The van der Waals surface area contributed by atoms with Gasteiger partial charge >= 0.3 is 0 Å². The van der Waals surface area contributed by atoms with Crippen LogP contribution in [0.2, 0.25) is 0 Å². The molecule has 1 fully saturated rings. The van der Waals surface area contributed by atoms with E-state index in [0.29, 0.717) is 0 Å². The molecule has 1 aromatic heterocycles. The molecule has 2 nitrogen and oxygen atoms in total. The molecule has 0 atom stereocenters. The van der Waals surface area contributed by atoms with Gasteiger partial charge in [0.25, 0.3) is 0 Å². The first-order chi connectivity index (χ1) is 11.2. The minimum Gasteiger partial charge on any atom is -0.370 e. The minimum absolute atomic E-state index is 0.744. The fraction of sp³-hybridized carbons (Fsp3) is 0.381. The van der Waals surface area contributed by atoms with Crippen LogP contribution in [-0.2, 0) is 19.3 Å². The van der Waals surface area contributed by atoms with Crippen molar-refractivity contribution in [1.29, 1.82) is 0 Å². The molecule has 2 heterocycles. The van der Waals surface area contributed by atoms with Crippen molar-refractivity contribution >= 4 is 5.70 Å². The average Bonchev–Trinajstić information content (AvgIpc) is 3.02. The van der Waals surface area contributed by atoms with Crippen molar-refractivity contribution in [3.8, 4) is 0 Å². The highest BCUT2D eigenvalue weighted by molar-refractivity contribution is 5.59. The van der Waals surface area contributed by atoms with Crippen molar-refractivity contribution in [3.63, 3.8) is 0 Å². The maximum absolute atomic E-state index is 4.40. The van der Waals surface area contributed by atoms with Gasteiger partial charge in [0.05, 0.1) is 11.4 Å². The molecule has 1 aromatic carbocycles. The van der Waals surface area contributed by atoms with E-state index in [4.69, 9.17) is 0 Å². The number of likely N-dealkylation sites (tertiary alicyclic amines) is 1. The third kappa shape index (κ3) is 2.67. The molecular weight excluding hydrogens is 280 g/mol. The summed E-state index contributed by atoms with van der Waals surface area (Å²) in [5.74, 6) is 0.744. The van der Waals surface area contributed by atoms with Crippen LogP contribution in [0.4, 0.5) is 0 Å². The van der Waals surface area contributed by atoms with E-state index in [1.165, 1.54) is 25.7 Å². The Balaban J connectivity index is 1.39. The number of rotatable bonds is 4. The molecule has 0 spiro atoms. The summed E-state index contributed by atoms with van der Waals surface area (Å²) >= 11 is 0. The molecule has 1 saturated heterocycles. The van der Waals surface area contributed by atoms with Gasteiger partial charge in [-0.15, -0.1) is 0 Å². The third-order valence-electron chi connectivity index (χ3n) is 5.49. The van der Waals surface area contributed by atoms with Crippen LogP contribution in [0.1, 0.15) is 34.4 Å². The summed E-state index contributed by atoms with van der Waals surface area (Å²) in [6, 6.07) is 10.8. The fourth-order valence-electron chi connectivity index (χ4n) is 4.05. The van der Waals surface area contributed by atoms with Crippen LogP contribution in [-0.4, -0.2) is 23.0 Å². The quantitative estimate of drug-likeness (QED) is 0.848. The standard InChI is InChI=1S/C21H24N2/c1-15-19(10-9-18-6-5-7-20(15)18)12-17-13-23(14-17)16(2)21-8-3-4-11-22-21/h3-4,8-11,17H,2,5-7,12-14H2,1H3. The van der Waals surface area contributed by atoms with Crippen molar-refractivity contribution in [3.05, 3.63) is 71.1 Å². The first-order valence-corrected chi connectivity index (χ1v) is 8.68. The number of aryl methyl sites for hydroxylation is 1. The Labute approximate surface area is 138 Å². The molecule has 0 bridgehead atoms. The zero-order chi connectivity index (χ0) is 15.8. The summed E-state index contributed by atoms with van der Waals surface area (Å²) < 4.78 is 0. The minimum atomic E-state index is 0.744. The van der Waals surface area contributed by atoms with Gasteiger partial charge in [-0.3, -0.25) is 4.98 Å². The van der Waals surface area contributed by atoms with E-state index in [-0.39, 0.29) is 0 Å². The molecule has 23 heavy (non-hydrogen) atoms. The number of hydrogen-bond donors (Lipinski definition) is 0. The Morgan fingerprint density at radius 1 is 1.22 bits per heavy atom. The van der Waals surface area contributed by atoms with Crippen LogP contribution < -0.4 is 0 Å². The Bertz CT molecular complexity index is 727. The van der Waals surface area contributed by atoms with Gasteiger partial charge in [-0.05, 0) is 72.9 Å². The Morgan fingerprint density at radius 2 is 2.09 bits per heavy atom. The third-order valence-corrected chi connectivity index (χ3v) is 5.49. The van der Waals surface area contributed by atoms with Crippen LogP contribution >= 0.6 is 0 Å². The lowest BCUT2D eigenvalue weighted by atomic mass is 9.87. The van der Waals surface area contributed by atoms with E-state index in [1.54, 1.807) is 22.3 Å². The van der Waals surface area contributed by atoms with Crippen LogP contribution in [0, 0.1) is 12.8 Å². The van der Waals surface area contributed by atoms with E-state index < -0.39 is 0 Å². The molecule has 0 unspecified atom stereocenters. The molecule has 2 heteroatoms. The second-order valence-electron chi connectivity index (χ2n) is 6.98. The highest BCUT2D eigenvalue weighted by Crippen LogP contribution is 2.32. The second kappa shape index (κ2) is 5.84. The van der Waals surface area contributed by atoms with Gasteiger partial charge in [-0.1, -0.05) is 24.8 Å². The summed E-state index contributed by atoms with van der Waals surface area (Å²) in [5, 5.41) is 0. The number of benzene rings is 1. The van der Waals surface area contributed by atoms with E-state index in [2.05, 4.69) is 35.5 Å². The van der Waals surface area contributed by atoms with Crippen LogP contribution in [0.25, 0.3) is 5.70 Å². The van der Waals surface area contributed by atoms with Crippen molar-refractivity contribution in [2.75, 3.05) is 13.1 Å². The summed E-state index contributed by atoms with van der Waals surface area (Å²) in [6.07, 6.45) is 6.93. The predicted molar refractivity (Wildman–Crippen MR) is 95.2 cm³/mol. The van der Waals surface area contributed by atoms with Gasteiger partial charge in [0.1, 0.15) is 0 Å². The van der Waals surface area contributed by atoms with Crippen LogP contribution in [0.3, 0.4) is 0 Å². The summed E-state index contributed by atoms with van der Waals surface area (Å²) in [6.45, 7) is 8.75. The summed E-state index contributed by atoms with van der Waals surface area (Å²) in [5.41, 5.74) is 8.40. The molecule has 2 aliphatic rings.